The van der Waals surface area contributed by atoms with E-state index in [1.54, 1.807) is 16.4 Å². The molecule has 2 rings (SSSR count). The second kappa shape index (κ2) is 6.30. The minimum Gasteiger partial charge on any atom is -0.384 e. The smallest absolute Gasteiger partial charge is 0.102 e. The Kier molecular flexibility index (Phi) is 4.48. The Labute approximate surface area is 117 Å². The summed E-state index contributed by atoms with van der Waals surface area (Å²) in [6.07, 6.45) is 4.76. The molecule has 2 aromatic rings. The van der Waals surface area contributed by atoms with Crippen LogP contribution in [0.2, 0.25) is 0 Å². The molecule has 4 nitrogen and oxygen atoms in total. The van der Waals surface area contributed by atoms with E-state index in [9.17, 15) is 5.26 Å². The molecule has 0 amide bonds. The third-order valence-corrected chi connectivity index (χ3v) is 3.60. The number of anilines is 1. The zero-order valence-corrected chi connectivity index (χ0v) is 11.9. The highest BCUT2D eigenvalue weighted by atomic mass is 32.2. The Morgan fingerprint density at radius 3 is 2.89 bits per heavy atom. The number of benzene rings is 1. The largest absolute Gasteiger partial charge is 0.384 e. The summed E-state index contributed by atoms with van der Waals surface area (Å²) in [5.41, 5.74) is 2.66. The Morgan fingerprint density at radius 1 is 1.42 bits per heavy atom. The van der Waals surface area contributed by atoms with E-state index in [1.807, 2.05) is 43.8 Å². The molecule has 1 heterocycles. The first kappa shape index (κ1) is 13.5. The van der Waals surface area contributed by atoms with Crippen LogP contribution in [0.3, 0.4) is 0 Å². The molecule has 0 saturated heterocycles. The molecule has 0 fully saturated rings. The number of nitrogens with zero attached hydrogens (tertiary/aromatic N) is 3. The number of aryl methyl sites for hydroxylation is 1. The Hall–Kier alpha value is -1.93. The van der Waals surface area contributed by atoms with Gasteiger partial charge in [0.1, 0.15) is 6.07 Å². The van der Waals surface area contributed by atoms with E-state index in [4.69, 9.17) is 0 Å². The fraction of sp³-hybridized carbons (Fsp3) is 0.286. The van der Waals surface area contributed by atoms with E-state index in [0.717, 1.165) is 34.8 Å². The quantitative estimate of drug-likeness (QED) is 0.850. The first-order chi connectivity index (χ1) is 9.24. The van der Waals surface area contributed by atoms with Crippen molar-refractivity contribution in [1.29, 1.82) is 5.26 Å². The van der Waals surface area contributed by atoms with Crippen LogP contribution in [0.15, 0.2) is 35.4 Å². The van der Waals surface area contributed by atoms with Gasteiger partial charge in [-0.3, -0.25) is 4.68 Å². The summed E-state index contributed by atoms with van der Waals surface area (Å²) in [6.45, 7) is 0.767. The van der Waals surface area contributed by atoms with Gasteiger partial charge in [0.2, 0.25) is 0 Å². The molecule has 0 aliphatic rings. The normalized spacial score (nSPS) is 10.2. The maximum atomic E-state index is 9.23. The number of thioether (sulfide) groups is 1. The van der Waals surface area contributed by atoms with Crippen molar-refractivity contribution in [3.63, 3.8) is 0 Å². The van der Waals surface area contributed by atoms with Gasteiger partial charge in [-0.1, -0.05) is 6.07 Å². The molecular weight excluding hydrogens is 256 g/mol. The van der Waals surface area contributed by atoms with Crippen LogP contribution in [-0.2, 0) is 13.5 Å². The molecule has 5 heteroatoms. The highest BCUT2D eigenvalue weighted by Gasteiger charge is 2.06. The molecule has 19 heavy (non-hydrogen) atoms. The lowest BCUT2D eigenvalue weighted by Crippen LogP contribution is -2.07. The minimum absolute atomic E-state index is 0.719. The summed E-state index contributed by atoms with van der Waals surface area (Å²) in [4.78, 5) is 1.00. The van der Waals surface area contributed by atoms with Crippen LogP contribution in [0, 0.1) is 11.3 Å². The number of nitriles is 1. The number of aromatic nitrogens is 2. The van der Waals surface area contributed by atoms with Crippen molar-refractivity contribution >= 4 is 17.4 Å². The Morgan fingerprint density at radius 2 is 2.26 bits per heavy atom. The molecule has 0 atom stereocenters. The van der Waals surface area contributed by atoms with Gasteiger partial charge in [-0.25, -0.2) is 0 Å². The first-order valence-electron chi connectivity index (χ1n) is 6.04. The maximum Gasteiger partial charge on any atom is 0.102 e. The summed E-state index contributed by atoms with van der Waals surface area (Å²) in [7, 11) is 1.91. The van der Waals surface area contributed by atoms with E-state index in [0.29, 0.717) is 0 Å². The van der Waals surface area contributed by atoms with Crippen molar-refractivity contribution in [3.8, 4) is 6.07 Å². The van der Waals surface area contributed by atoms with Gasteiger partial charge in [0.15, 0.2) is 0 Å². The summed E-state index contributed by atoms with van der Waals surface area (Å²) >= 11 is 1.59. The zero-order chi connectivity index (χ0) is 13.7. The summed E-state index contributed by atoms with van der Waals surface area (Å²) in [6, 6.07) is 10.1. The van der Waals surface area contributed by atoms with Crippen molar-refractivity contribution in [3.05, 3.63) is 41.7 Å². The van der Waals surface area contributed by atoms with Gasteiger partial charge < -0.3 is 5.32 Å². The maximum absolute atomic E-state index is 9.23. The van der Waals surface area contributed by atoms with E-state index < -0.39 is 0 Å². The highest BCUT2D eigenvalue weighted by Crippen LogP contribution is 2.26. The van der Waals surface area contributed by atoms with E-state index in [2.05, 4.69) is 16.5 Å². The van der Waals surface area contributed by atoms with Crippen molar-refractivity contribution < 1.29 is 0 Å². The van der Waals surface area contributed by atoms with E-state index in [-0.39, 0.29) is 0 Å². The van der Waals surface area contributed by atoms with Crippen LogP contribution in [0.25, 0.3) is 0 Å². The molecule has 98 valence electrons. The molecule has 1 aromatic carbocycles. The second-order valence-corrected chi connectivity index (χ2v) is 5.00. The average Bonchev–Trinajstić information content (AvgIpc) is 2.84. The van der Waals surface area contributed by atoms with Gasteiger partial charge in [-0.05, 0) is 24.5 Å². The van der Waals surface area contributed by atoms with E-state index in [1.165, 1.54) is 0 Å². The topological polar surface area (TPSA) is 53.6 Å². The molecule has 0 bridgehead atoms. The van der Waals surface area contributed by atoms with Crippen LogP contribution >= 0.6 is 11.8 Å². The van der Waals surface area contributed by atoms with Crippen molar-refractivity contribution in [1.82, 2.24) is 9.78 Å². The predicted octanol–water partition coefficient (Wildman–Crippen LogP) is 2.67. The monoisotopic (exact) mass is 272 g/mol. The lowest BCUT2D eigenvalue weighted by molar-refractivity contribution is 0.742. The van der Waals surface area contributed by atoms with Crippen molar-refractivity contribution in [2.45, 2.75) is 11.3 Å². The third kappa shape index (κ3) is 3.30. The van der Waals surface area contributed by atoms with Gasteiger partial charge in [-0.15, -0.1) is 11.8 Å². The molecule has 0 aliphatic carbocycles. The second-order valence-electron chi connectivity index (χ2n) is 4.15. The average molecular weight is 272 g/mol. The molecule has 0 saturated carbocycles. The fourth-order valence-electron chi connectivity index (χ4n) is 1.89. The van der Waals surface area contributed by atoms with E-state index >= 15 is 0 Å². The molecule has 0 spiro atoms. The van der Waals surface area contributed by atoms with Gasteiger partial charge in [0, 0.05) is 31.1 Å². The third-order valence-electron chi connectivity index (χ3n) is 2.82. The molecule has 1 N–H and O–H groups in total. The highest BCUT2D eigenvalue weighted by molar-refractivity contribution is 7.98. The number of hydrogen-bond donors (Lipinski definition) is 1. The van der Waals surface area contributed by atoms with Crippen LogP contribution in [0.1, 0.15) is 11.3 Å². The van der Waals surface area contributed by atoms with Gasteiger partial charge in [-0.2, -0.15) is 10.4 Å². The number of rotatable bonds is 5. The van der Waals surface area contributed by atoms with Crippen LogP contribution < -0.4 is 5.32 Å². The predicted molar refractivity (Wildman–Crippen MR) is 78.3 cm³/mol. The van der Waals surface area contributed by atoms with Gasteiger partial charge >= 0.3 is 0 Å². The first-order valence-corrected chi connectivity index (χ1v) is 7.26. The van der Waals surface area contributed by atoms with Crippen molar-refractivity contribution in [2.24, 2.45) is 7.05 Å². The van der Waals surface area contributed by atoms with Crippen molar-refractivity contribution in [2.75, 3.05) is 18.1 Å². The Balaban J connectivity index is 2.02. The molecule has 0 radical (unpaired) electrons. The fourth-order valence-corrected chi connectivity index (χ4v) is 2.46. The zero-order valence-electron chi connectivity index (χ0n) is 11.1. The van der Waals surface area contributed by atoms with Crippen LogP contribution in [0.4, 0.5) is 5.69 Å². The molecular formula is C14H16N4S. The SMILES string of the molecule is CSc1cccc(NCCc2ccn(C)n2)c1C#N. The lowest BCUT2D eigenvalue weighted by Gasteiger charge is -2.09. The summed E-state index contributed by atoms with van der Waals surface area (Å²) in [5.74, 6) is 0. The number of nitrogens with one attached hydrogen (secondary N) is 1. The minimum atomic E-state index is 0.719. The molecule has 0 unspecified atom stereocenters. The van der Waals surface area contributed by atoms with Gasteiger partial charge in [0.05, 0.1) is 16.9 Å². The van der Waals surface area contributed by atoms with Crippen LogP contribution in [0.5, 0.6) is 0 Å². The molecule has 0 aliphatic heterocycles. The lowest BCUT2D eigenvalue weighted by atomic mass is 10.2. The molecule has 1 aromatic heterocycles. The van der Waals surface area contributed by atoms with Gasteiger partial charge in [0.25, 0.3) is 0 Å². The Bertz CT molecular complexity index is 598. The standard InChI is InChI=1S/C14H16N4S/c1-18-9-7-11(17-18)6-8-16-13-4-3-5-14(19-2)12(13)10-15/h3-5,7,9,16H,6,8H2,1-2H3. The van der Waals surface area contributed by atoms with Crippen LogP contribution in [-0.4, -0.2) is 22.6 Å². The summed E-state index contributed by atoms with van der Waals surface area (Å²) in [5, 5.41) is 16.9. The number of hydrogen-bond acceptors (Lipinski definition) is 4. The summed E-state index contributed by atoms with van der Waals surface area (Å²) < 4.78 is 1.80.